The number of nitrogens with zero attached hydrogens (tertiary/aromatic N) is 2. The molecule has 1 aromatic heterocycles. The van der Waals surface area contributed by atoms with Crippen molar-refractivity contribution in [1.82, 2.24) is 15.2 Å². The molecule has 172 valence electrons. The van der Waals surface area contributed by atoms with Gasteiger partial charge in [0.05, 0.1) is 12.3 Å². The van der Waals surface area contributed by atoms with Gasteiger partial charge in [0.1, 0.15) is 11.2 Å². The summed E-state index contributed by atoms with van der Waals surface area (Å²) >= 11 is 0. The van der Waals surface area contributed by atoms with E-state index >= 15 is 0 Å². The molecular weight excluding hydrogens is 404 g/mol. The molecule has 2 aromatic rings. The molecule has 0 radical (unpaired) electrons. The maximum absolute atomic E-state index is 13.6. The second-order valence-corrected chi connectivity index (χ2v) is 8.94. The van der Waals surface area contributed by atoms with E-state index < -0.39 is 5.41 Å². The molecule has 32 heavy (non-hydrogen) atoms. The van der Waals surface area contributed by atoms with Gasteiger partial charge in [-0.15, -0.1) is 0 Å². The van der Waals surface area contributed by atoms with E-state index in [9.17, 15) is 4.79 Å². The van der Waals surface area contributed by atoms with E-state index in [-0.39, 0.29) is 11.9 Å². The highest BCUT2D eigenvalue weighted by Crippen LogP contribution is 2.34. The summed E-state index contributed by atoms with van der Waals surface area (Å²) in [4.78, 5) is 20.8. The predicted octanol–water partition coefficient (Wildman–Crippen LogP) is 2.71. The third-order valence-corrected chi connectivity index (χ3v) is 6.42. The van der Waals surface area contributed by atoms with E-state index in [1.807, 2.05) is 31.2 Å². The summed E-state index contributed by atoms with van der Waals surface area (Å²) in [5.74, 6) is 0.837. The Morgan fingerprint density at radius 2 is 2.00 bits per heavy atom. The minimum absolute atomic E-state index is 0.0421. The summed E-state index contributed by atoms with van der Waals surface area (Å²) in [6, 6.07) is 14.5. The van der Waals surface area contributed by atoms with E-state index in [1.54, 1.807) is 7.11 Å². The topological polar surface area (TPSA) is 75.7 Å². The first-order valence-electron chi connectivity index (χ1n) is 11.5. The normalized spacial score (nSPS) is 21.7. The maximum atomic E-state index is 13.6. The number of hydrogen-bond donors (Lipinski definition) is 2. The summed E-state index contributed by atoms with van der Waals surface area (Å²) in [6.45, 7) is 6.92. The van der Waals surface area contributed by atoms with Crippen LogP contribution in [0.15, 0.2) is 42.5 Å². The average molecular weight is 439 g/mol. The minimum Gasteiger partial charge on any atom is -0.383 e. The summed E-state index contributed by atoms with van der Waals surface area (Å²) in [6.07, 6.45) is 1.71. The second kappa shape index (κ2) is 10.4. The highest BCUT2D eigenvalue weighted by molar-refractivity contribution is 5.88. The molecule has 2 aliphatic heterocycles. The Kier molecular flexibility index (Phi) is 7.40. The van der Waals surface area contributed by atoms with Crippen LogP contribution < -0.4 is 10.6 Å². The van der Waals surface area contributed by atoms with Crippen molar-refractivity contribution in [3.05, 3.63) is 59.3 Å². The number of nitrogens with one attached hydrogen (secondary N) is 2. The van der Waals surface area contributed by atoms with Crippen molar-refractivity contribution in [2.75, 3.05) is 45.3 Å². The van der Waals surface area contributed by atoms with Gasteiger partial charge in [0, 0.05) is 52.5 Å². The van der Waals surface area contributed by atoms with Crippen LogP contribution in [0.1, 0.15) is 36.6 Å². The van der Waals surface area contributed by atoms with Crippen LogP contribution in [-0.2, 0) is 32.8 Å². The summed E-state index contributed by atoms with van der Waals surface area (Å²) in [5.41, 5.74) is 2.43. The molecule has 0 aliphatic carbocycles. The second-order valence-electron chi connectivity index (χ2n) is 8.94. The molecule has 7 nitrogen and oxygen atoms in total. The molecule has 1 fully saturated rings. The Morgan fingerprint density at radius 3 is 2.75 bits per heavy atom. The van der Waals surface area contributed by atoms with Gasteiger partial charge in [-0.25, -0.2) is 4.98 Å². The third kappa shape index (κ3) is 5.28. The standard InChI is InChI=1S/C25H34N4O3/c1-25(24(30)27-21-10-13-32-14-11-21)18-29(12-15-31-2)17-20-8-9-22(28-23(20)25)26-16-19-6-4-3-5-7-19/h3-9,21H,10-18H2,1-2H3,(H,26,28)(H,27,30). The molecule has 0 spiro atoms. The number of hydrogen-bond acceptors (Lipinski definition) is 6. The van der Waals surface area contributed by atoms with Gasteiger partial charge in [0.15, 0.2) is 0 Å². The molecule has 2 aliphatic rings. The number of benzene rings is 1. The monoisotopic (exact) mass is 438 g/mol. The number of ether oxygens (including phenoxy) is 2. The highest BCUT2D eigenvalue weighted by atomic mass is 16.5. The van der Waals surface area contributed by atoms with Gasteiger partial charge in [-0.2, -0.15) is 0 Å². The van der Waals surface area contributed by atoms with Crippen LogP contribution in [0.5, 0.6) is 0 Å². The van der Waals surface area contributed by atoms with E-state index in [1.165, 1.54) is 5.56 Å². The lowest BCUT2D eigenvalue weighted by molar-refractivity contribution is -0.129. The molecule has 0 saturated carbocycles. The number of amides is 1. The van der Waals surface area contributed by atoms with E-state index in [2.05, 4.69) is 33.7 Å². The van der Waals surface area contributed by atoms with Crippen LogP contribution in [0.3, 0.4) is 0 Å². The van der Waals surface area contributed by atoms with Gasteiger partial charge in [0.25, 0.3) is 0 Å². The zero-order chi connectivity index (χ0) is 22.4. The molecule has 1 aromatic carbocycles. The molecule has 7 heteroatoms. The quantitative estimate of drug-likeness (QED) is 0.660. The number of methoxy groups -OCH3 is 1. The lowest BCUT2D eigenvalue weighted by Crippen LogP contribution is -2.56. The number of rotatable bonds is 8. The molecule has 1 atom stereocenters. The van der Waals surface area contributed by atoms with Crippen molar-refractivity contribution in [3.8, 4) is 0 Å². The van der Waals surface area contributed by atoms with E-state index in [4.69, 9.17) is 14.5 Å². The Labute approximate surface area is 190 Å². The van der Waals surface area contributed by atoms with Crippen molar-refractivity contribution in [1.29, 1.82) is 0 Å². The van der Waals surface area contributed by atoms with Crippen LogP contribution >= 0.6 is 0 Å². The predicted molar refractivity (Wildman–Crippen MR) is 124 cm³/mol. The van der Waals surface area contributed by atoms with Crippen LogP contribution in [0.25, 0.3) is 0 Å². The van der Waals surface area contributed by atoms with E-state index in [0.29, 0.717) is 32.9 Å². The zero-order valence-corrected chi connectivity index (χ0v) is 19.1. The first kappa shape index (κ1) is 22.7. The first-order chi connectivity index (χ1) is 15.6. The smallest absolute Gasteiger partial charge is 0.233 e. The van der Waals surface area contributed by atoms with Crippen LogP contribution in [-0.4, -0.2) is 61.9 Å². The Bertz CT molecular complexity index is 901. The fraction of sp³-hybridized carbons (Fsp3) is 0.520. The molecule has 4 rings (SSSR count). The van der Waals surface area contributed by atoms with Crippen LogP contribution in [0.4, 0.5) is 5.82 Å². The number of carbonyl (C=O) groups excluding carboxylic acids is 1. The molecule has 1 saturated heterocycles. The lowest BCUT2D eigenvalue weighted by Gasteiger charge is -2.41. The molecule has 1 amide bonds. The molecule has 1 unspecified atom stereocenters. The Balaban J connectivity index is 1.57. The fourth-order valence-corrected chi connectivity index (χ4v) is 4.54. The SMILES string of the molecule is COCCN1Cc2ccc(NCc3ccccc3)nc2C(C)(C(=O)NC2CCOCC2)C1. The van der Waals surface area contributed by atoms with Crippen LogP contribution in [0.2, 0.25) is 0 Å². The van der Waals surface area contributed by atoms with Gasteiger partial charge >= 0.3 is 0 Å². The van der Waals surface area contributed by atoms with Gasteiger partial charge in [-0.05, 0) is 37.0 Å². The highest BCUT2D eigenvalue weighted by Gasteiger charge is 2.44. The zero-order valence-electron chi connectivity index (χ0n) is 19.1. The maximum Gasteiger partial charge on any atom is 0.233 e. The lowest BCUT2D eigenvalue weighted by atomic mass is 9.79. The largest absolute Gasteiger partial charge is 0.383 e. The number of fused-ring (bicyclic) bond motifs is 1. The number of anilines is 1. The summed E-state index contributed by atoms with van der Waals surface area (Å²) < 4.78 is 10.7. The molecular formula is C25H34N4O3. The first-order valence-corrected chi connectivity index (χ1v) is 11.5. The summed E-state index contributed by atoms with van der Waals surface area (Å²) in [7, 11) is 1.71. The summed E-state index contributed by atoms with van der Waals surface area (Å²) in [5, 5.41) is 6.71. The van der Waals surface area contributed by atoms with Crippen molar-refractivity contribution < 1.29 is 14.3 Å². The molecule has 2 N–H and O–H groups in total. The van der Waals surface area contributed by atoms with Crippen molar-refractivity contribution >= 4 is 11.7 Å². The minimum atomic E-state index is -0.732. The number of carbonyl (C=O) groups is 1. The van der Waals surface area contributed by atoms with Gasteiger partial charge < -0.3 is 20.1 Å². The number of aromatic nitrogens is 1. The number of pyridine rings is 1. The Hall–Kier alpha value is -2.48. The van der Waals surface area contributed by atoms with Crippen LogP contribution in [0, 0.1) is 0 Å². The van der Waals surface area contributed by atoms with Crippen molar-refractivity contribution in [2.45, 2.75) is 44.3 Å². The van der Waals surface area contributed by atoms with Gasteiger partial charge in [0.2, 0.25) is 5.91 Å². The molecule has 0 bridgehead atoms. The average Bonchev–Trinajstić information content (AvgIpc) is 2.83. The third-order valence-electron chi connectivity index (χ3n) is 6.42. The molecule has 3 heterocycles. The van der Waals surface area contributed by atoms with E-state index in [0.717, 1.165) is 43.0 Å². The van der Waals surface area contributed by atoms with Crippen molar-refractivity contribution in [3.63, 3.8) is 0 Å². The van der Waals surface area contributed by atoms with Crippen molar-refractivity contribution in [2.24, 2.45) is 0 Å². The van der Waals surface area contributed by atoms with Gasteiger partial charge in [-0.1, -0.05) is 36.4 Å². The van der Waals surface area contributed by atoms with Gasteiger partial charge in [-0.3, -0.25) is 9.69 Å². The Morgan fingerprint density at radius 1 is 1.22 bits per heavy atom. The fourth-order valence-electron chi connectivity index (χ4n) is 4.54.